The molecule has 0 saturated heterocycles. The van der Waals surface area contributed by atoms with Crippen molar-refractivity contribution in [3.05, 3.63) is 0 Å². The average Bonchev–Trinajstić information content (AvgIpc) is 2.65. The lowest BCUT2D eigenvalue weighted by Gasteiger charge is -2.12. The third-order valence-corrected chi connectivity index (χ3v) is 2.77. The first-order chi connectivity index (χ1) is 7.99. The van der Waals surface area contributed by atoms with Gasteiger partial charge in [0, 0.05) is 19.0 Å². The standard InChI is InChI=1S/C10H17N3O4/c11-8(14)3-4-12-10(17)13-7-2-1-6(5-7)9(15)16/h6-7H,1-5H2,(H2,11,14)(H,15,16)(H2,12,13,17). The van der Waals surface area contributed by atoms with Gasteiger partial charge in [0.1, 0.15) is 0 Å². The molecule has 3 amide bonds. The van der Waals surface area contributed by atoms with Crippen molar-refractivity contribution >= 4 is 17.9 Å². The van der Waals surface area contributed by atoms with Crippen LogP contribution in [0, 0.1) is 5.92 Å². The molecule has 1 aliphatic carbocycles. The molecule has 7 nitrogen and oxygen atoms in total. The van der Waals surface area contributed by atoms with Gasteiger partial charge < -0.3 is 21.5 Å². The number of carboxylic acids is 1. The highest BCUT2D eigenvalue weighted by Crippen LogP contribution is 2.25. The monoisotopic (exact) mass is 243 g/mol. The van der Waals surface area contributed by atoms with Gasteiger partial charge in [0.05, 0.1) is 5.92 Å². The minimum Gasteiger partial charge on any atom is -0.481 e. The van der Waals surface area contributed by atoms with Crippen molar-refractivity contribution in [2.24, 2.45) is 11.7 Å². The van der Waals surface area contributed by atoms with Gasteiger partial charge in [-0.3, -0.25) is 9.59 Å². The highest BCUT2D eigenvalue weighted by Gasteiger charge is 2.30. The Kier molecular flexibility index (Phi) is 4.74. The number of amides is 3. The quantitative estimate of drug-likeness (QED) is 0.515. The van der Waals surface area contributed by atoms with E-state index >= 15 is 0 Å². The van der Waals surface area contributed by atoms with Crippen LogP contribution >= 0.6 is 0 Å². The fourth-order valence-corrected chi connectivity index (χ4v) is 1.87. The SMILES string of the molecule is NC(=O)CCNC(=O)NC1CCC(C(=O)O)C1. The van der Waals surface area contributed by atoms with Crippen molar-refractivity contribution in [2.45, 2.75) is 31.7 Å². The van der Waals surface area contributed by atoms with Gasteiger partial charge in [-0.25, -0.2) is 4.79 Å². The molecule has 96 valence electrons. The maximum Gasteiger partial charge on any atom is 0.315 e. The molecule has 2 unspecified atom stereocenters. The predicted molar refractivity (Wildman–Crippen MR) is 59.1 cm³/mol. The van der Waals surface area contributed by atoms with Crippen LogP contribution in [0.5, 0.6) is 0 Å². The third-order valence-electron chi connectivity index (χ3n) is 2.77. The van der Waals surface area contributed by atoms with Crippen LogP contribution in [0.3, 0.4) is 0 Å². The number of nitrogens with one attached hydrogen (secondary N) is 2. The molecule has 1 aliphatic rings. The van der Waals surface area contributed by atoms with E-state index in [1.54, 1.807) is 0 Å². The summed E-state index contributed by atoms with van der Waals surface area (Å²) in [6, 6.07) is -0.494. The Morgan fingerprint density at radius 1 is 1.29 bits per heavy atom. The Labute approximate surface area is 98.7 Å². The van der Waals surface area contributed by atoms with Crippen molar-refractivity contribution in [3.63, 3.8) is 0 Å². The summed E-state index contributed by atoms with van der Waals surface area (Å²) in [5.74, 6) is -1.66. The summed E-state index contributed by atoms with van der Waals surface area (Å²) in [7, 11) is 0. The van der Waals surface area contributed by atoms with Gasteiger partial charge in [0.15, 0.2) is 0 Å². The van der Waals surface area contributed by atoms with Crippen molar-refractivity contribution < 1.29 is 19.5 Å². The minimum absolute atomic E-state index is 0.0931. The van der Waals surface area contributed by atoms with Crippen LogP contribution in [-0.2, 0) is 9.59 Å². The molecule has 17 heavy (non-hydrogen) atoms. The number of rotatable bonds is 5. The van der Waals surface area contributed by atoms with Crippen molar-refractivity contribution in [1.29, 1.82) is 0 Å². The summed E-state index contributed by atoms with van der Waals surface area (Å²) in [6.45, 7) is 0.191. The lowest BCUT2D eigenvalue weighted by molar-refractivity contribution is -0.141. The minimum atomic E-state index is -0.816. The molecule has 0 aromatic rings. The molecule has 0 aromatic carbocycles. The molecule has 0 aromatic heterocycles. The summed E-state index contributed by atoms with van der Waals surface area (Å²) in [4.78, 5) is 32.5. The normalized spacial score (nSPS) is 23.1. The third kappa shape index (κ3) is 4.71. The molecule has 7 heteroatoms. The lowest BCUT2D eigenvalue weighted by Crippen LogP contribution is -2.42. The van der Waals surface area contributed by atoms with Gasteiger partial charge in [0.2, 0.25) is 5.91 Å². The van der Waals surface area contributed by atoms with E-state index in [1.165, 1.54) is 0 Å². The molecule has 1 rings (SSSR count). The molecular weight excluding hydrogens is 226 g/mol. The number of hydrogen-bond acceptors (Lipinski definition) is 3. The zero-order chi connectivity index (χ0) is 12.8. The summed E-state index contributed by atoms with van der Waals surface area (Å²) in [5.41, 5.74) is 4.92. The number of carboxylic acid groups (broad SMARTS) is 1. The van der Waals surface area contributed by atoms with Crippen LogP contribution in [0.2, 0.25) is 0 Å². The maximum absolute atomic E-state index is 11.3. The zero-order valence-corrected chi connectivity index (χ0v) is 9.44. The second kappa shape index (κ2) is 6.07. The van der Waals surface area contributed by atoms with Gasteiger partial charge in [-0.2, -0.15) is 0 Å². The summed E-state index contributed by atoms with van der Waals surface area (Å²) < 4.78 is 0. The largest absolute Gasteiger partial charge is 0.481 e. The Morgan fingerprint density at radius 2 is 2.00 bits per heavy atom. The second-order valence-electron chi connectivity index (χ2n) is 4.16. The van der Waals surface area contributed by atoms with Gasteiger partial charge >= 0.3 is 12.0 Å². The van der Waals surface area contributed by atoms with Crippen LogP contribution in [0.25, 0.3) is 0 Å². The Bertz CT molecular complexity index is 319. The molecule has 0 aliphatic heterocycles. The average molecular weight is 243 g/mol. The van der Waals surface area contributed by atoms with Crippen molar-refractivity contribution in [3.8, 4) is 0 Å². The Balaban J connectivity index is 2.19. The zero-order valence-electron chi connectivity index (χ0n) is 9.44. The second-order valence-corrected chi connectivity index (χ2v) is 4.16. The van der Waals surface area contributed by atoms with Crippen LogP contribution in [-0.4, -0.2) is 35.6 Å². The molecule has 1 fully saturated rings. The fraction of sp³-hybridized carbons (Fsp3) is 0.700. The Morgan fingerprint density at radius 3 is 2.53 bits per heavy atom. The molecule has 2 atom stereocenters. The van der Waals surface area contributed by atoms with Crippen molar-refractivity contribution in [2.75, 3.05) is 6.54 Å². The number of nitrogens with two attached hydrogens (primary N) is 1. The number of carbonyl (C=O) groups is 3. The summed E-state index contributed by atoms with van der Waals surface area (Å²) in [5, 5.41) is 13.9. The van der Waals surface area contributed by atoms with E-state index < -0.39 is 11.9 Å². The number of aliphatic carboxylic acids is 1. The van der Waals surface area contributed by atoms with Gasteiger partial charge in [-0.05, 0) is 19.3 Å². The lowest BCUT2D eigenvalue weighted by atomic mass is 10.1. The highest BCUT2D eigenvalue weighted by molar-refractivity contribution is 5.77. The fourth-order valence-electron chi connectivity index (χ4n) is 1.87. The van der Waals surface area contributed by atoms with E-state index in [4.69, 9.17) is 10.8 Å². The summed E-state index contributed by atoms with van der Waals surface area (Å²) >= 11 is 0. The first-order valence-electron chi connectivity index (χ1n) is 5.54. The van der Waals surface area contributed by atoms with Gasteiger partial charge in [-0.1, -0.05) is 0 Å². The van der Waals surface area contributed by atoms with E-state index in [2.05, 4.69) is 10.6 Å². The molecule has 5 N–H and O–H groups in total. The highest BCUT2D eigenvalue weighted by atomic mass is 16.4. The first kappa shape index (κ1) is 13.3. The van der Waals surface area contributed by atoms with E-state index in [9.17, 15) is 14.4 Å². The number of primary amides is 1. The van der Waals surface area contributed by atoms with E-state index in [1.807, 2.05) is 0 Å². The van der Waals surface area contributed by atoms with Crippen molar-refractivity contribution in [1.82, 2.24) is 10.6 Å². The summed E-state index contributed by atoms with van der Waals surface area (Å²) in [6.07, 6.45) is 1.80. The molecule has 0 heterocycles. The molecule has 0 bridgehead atoms. The molecular formula is C10H17N3O4. The van der Waals surface area contributed by atoms with E-state index in [0.29, 0.717) is 19.3 Å². The molecule has 0 radical (unpaired) electrons. The Hall–Kier alpha value is -1.79. The number of carbonyl (C=O) groups excluding carboxylic acids is 2. The smallest absolute Gasteiger partial charge is 0.315 e. The number of urea groups is 1. The predicted octanol–water partition coefficient (Wildman–Crippen LogP) is -0.586. The van der Waals surface area contributed by atoms with Crippen LogP contribution in [0.15, 0.2) is 0 Å². The van der Waals surface area contributed by atoms with E-state index in [-0.39, 0.29) is 31.0 Å². The van der Waals surface area contributed by atoms with E-state index in [0.717, 1.165) is 0 Å². The van der Waals surface area contributed by atoms with Crippen LogP contribution < -0.4 is 16.4 Å². The maximum atomic E-state index is 11.3. The topological polar surface area (TPSA) is 122 Å². The molecule has 1 saturated carbocycles. The van der Waals surface area contributed by atoms with Crippen LogP contribution in [0.1, 0.15) is 25.7 Å². The first-order valence-corrected chi connectivity index (χ1v) is 5.54. The van der Waals surface area contributed by atoms with Crippen LogP contribution in [0.4, 0.5) is 4.79 Å². The number of hydrogen-bond donors (Lipinski definition) is 4. The van der Waals surface area contributed by atoms with Gasteiger partial charge in [-0.15, -0.1) is 0 Å². The van der Waals surface area contributed by atoms with Gasteiger partial charge in [0.25, 0.3) is 0 Å². The molecule has 0 spiro atoms.